The zero-order chi connectivity index (χ0) is 14.0. The van der Waals surface area contributed by atoms with Gasteiger partial charge in [0.1, 0.15) is 0 Å². The Morgan fingerprint density at radius 1 is 1.47 bits per heavy atom. The number of morpholine rings is 1. The molecule has 104 valence electrons. The molecule has 0 radical (unpaired) electrons. The monoisotopic (exact) mass is 266 g/mol. The van der Waals surface area contributed by atoms with Crippen molar-refractivity contribution >= 4 is 11.4 Å². The maximum Gasteiger partial charge on any atom is 0.271 e. The number of rotatable bonds is 3. The first-order valence-corrected chi connectivity index (χ1v) is 6.19. The Hall–Kier alpha value is -1.66. The molecule has 1 aliphatic rings. The summed E-state index contributed by atoms with van der Waals surface area (Å²) in [5.41, 5.74) is 1.04. The lowest BCUT2D eigenvalue weighted by Gasteiger charge is -2.39. The molecule has 0 aromatic heterocycles. The SMILES string of the molecule is CC1(C)CN(c2cc(CO)cc([N+](=O)[O-])c2)CCO1. The normalized spacial score (nSPS) is 18.4. The van der Waals surface area contributed by atoms with Crippen molar-refractivity contribution in [2.45, 2.75) is 26.1 Å². The Bertz CT molecular complexity index is 488. The van der Waals surface area contributed by atoms with E-state index in [0.717, 1.165) is 5.69 Å². The zero-order valence-corrected chi connectivity index (χ0v) is 11.1. The van der Waals surface area contributed by atoms with Crippen LogP contribution in [-0.4, -0.2) is 35.3 Å². The van der Waals surface area contributed by atoms with Gasteiger partial charge in [0.05, 0.1) is 23.7 Å². The Balaban J connectivity index is 2.33. The highest BCUT2D eigenvalue weighted by Crippen LogP contribution is 2.28. The third-order valence-corrected chi connectivity index (χ3v) is 3.15. The number of nitrogens with zero attached hydrogens (tertiary/aromatic N) is 2. The van der Waals surface area contributed by atoms with Crippen molar-refractivity contribution in [1.29, 1.82) is 0 Å². The van der Waals surface area contributed by atoms with E-state index in [4.69, 9.17) is 4.74 Å². The molecule has 0 aliphatic carbocycles. The quantitative estimate of drug-likeness (QED) is 0.665. The lowest BCUT2D eigenvalue weighted by Crippen LogP contribution is -2.48. The number of aliphatic hydroxyl groups excluding tert-OH is 1. The molecule has 0 bridgehead atoms. The molecule has 0 saturated carbocycles. The van der Waals surface area contributed by atoms with E-state index < -0.39 is 4.92 Å². The van der Waals surface area contributed by atoms with Crippen LogP contribution in [0, 0.1) is 10.1 Å². The number of anilines is 1. The first-order chi connectivity index (χ1) is 8.91. The highest BCUT2D eigenvalue weighted by molar-refractivity contribution is 5.56. The molecule has 0 unspecified atom stereocenters. The van der Waals surface area contributed by atoms with Crippen molar-refractivity contribution in [3.63, 3.8) is 0 Å². The Labute approximate surface area is 111 Å². The van der Waals surface area contributed by atoms with Crippen molar-refractivity contribution in [2.24, 2.45) is 0 Å². The molecule has 0 amide bonds. The van der Waals surface area contributed by atoms with Crippen LogP contribution >= 0.6 is 0 Å². The summed E-state index contributed by atoms with van der Waals surface area (Å²) in [5.74, 6) is 0. The second kappa shape index (κ2) is 5.14. The van der Waals surface area contributed by atoms with Crippen LogP contribution in [0.5, 0.6) is 0 Å². The second-order valence-corrected chi connectivity index (χ2v) is 5.30. The molecule has 1 heterocycles. The molecule has 0 atom stereocenters. The minimum absolute atomic E-state index is 0.00541. The van der Waals surface area contributed by atoms with Crippen LogP contribution in [0.25, 0.3) is 0 Å². The number of nitro groups is 1. The molecule has 1 saturated heterocycles. The van der Waals surface area contributed by atoms with Gasteiger partial charge in [0.2, 0.25) is 0 Å². The molecule has 1 N–H and O–H groups in total. The van der Waals surface area contributed by atoms with Crippen molar-refractivity contribution in [1.82, 2.24) is 0 Å². The molecule has 6 heteroatoms. The Morgan fingerprint density at radius 2 is 2.21 bits per heavy atom. The van der Waals surface area contributed by atoms with Crippen LogP contribution in [0.4, 0.5) is 11.4 Å². The lowest BCUT2D eigenvalue weighted by molar-refractivity contribution is -0.384. The van der Waals surface area contributed by atoms with Gasteiger partial charge < -0.3 is 14.7 Å². The maximum absolute atomic E-state index is 10.9. The molecular weight excluding hydrogens is 248 g/mol. The van der Waals surface area contributed by atoms with E-state index in [1.807, 2.05) is 13.8 Å². The minimum Gasteiger partial charge on any atom is -0.392 e. The van der Waals surface area contributed by atoms with Crippen molar-refractivity contribution in [2.75, 3.05) is 24.6 Å². The first-order valence-electron chi connectivity index (χ1n) is 6.19. The van der Waals surface area contributed by atoms with E-state index in [2.05, 4.69) is 4.90 Å². The van der Waals surface area contributed by atoms with Crippen molar-refractivity contribution in [3.8, 4) is 0 Å². The third kappa shape index (κ3) is 3.21. The number of ether oxygens (including phenoxy) is 1. The van der Waals surface area contributed by atoms with Crippen LogP contribution in [0.15, 0.2) is 18.2 Å². The largest absolute Gasteiger partial charge is 0.392 e. The standard InChI is InChI=1S/C13H18N2O4/c1-13(2)9-14(3-4-19-13)11-5-10(8-16)6-12(7-11)15(17)18/h5-7,16H,3-4,8-9H2,1-2H3. The summed E-state index contributed by atoms with van der Waals surface area (Å²) in [6.45, 7) is 5.72. The van der Waals surface area contributed by atoms with Crippen LogP contribution in [0.3, 0.4) is 0 Å². The van der Waals surface area contributed by atoms with E-state index in [1.54, 1.807) is 12.1 Å². The van der Waals surface area contributed by atoms with Gasteiger partial charge >= 0.3 is 0 Å². The highest BCUT2D eigenvalue weighted by Gasteiger charge is 2.28. The molecule has 1 fully saturated rings. The molecular formula is C13H18N2O4. The van der Waals surface area contributed by atoms with Gasteiger partial charge in [-0.25, -0.2) is 0 Å². The summed E-state index contributed by atoms with van der Waals surface area (Å²) in [6, 6.07) is 4.73. The number of hydrogen-bond donors (Lipinski definition) is 1. The van der Waals surface area contributed by atoms with Gasteiger partial charge in [0.25, 0.3) is 5.69 Å². The summed E-state index contributed by atoms with van der Waals surface area (Å²) in [5, 5.41) is 20.1. The van der Waals surface area contributed by atoms with E-state index in [-0.39, 0.29) is 17.9 Å². The van der Waals surface area contributed by atoms with Gasteiger partial charge in [-0.1, -0.05) is 0 Å². The maximum atomic E-state index is 10.9. The van der Waals surface area contributed by atoms with Gasteiger partial charge in [-0.05, 0) is 25.5 Å². The predicted molar refractivity (Wildman–Crippen MR) is 71.3 cm³/mol. The fourth-order valence-corrected chi connectivity index (χ4v) is 2.27. The molecule has 0 spiro atoms. The molecule has 1 aromatic carbocycles. The number of nitro benzene ring substituents is 1. The zero-order valence-electron chi connectivity index (χ0n) is 11.1. The number of hydrogen-bond acceptors (Lipinski definition) is 5. The predicted octanol–water partition coefficient (Wildman–Crippen LogP) is 1.70. The molecule has 2 rings (SSSR count). The van der Waals surface area contributed by atoms with Crippen LogP contribution < -0.4 is 4.90 Å². The lowest BCUT2D eigenvalue weighted by atomic mass is 10.1. The molecule has 19 heavy (non-hydrogen) atoms. The van der Waals surface area contributed by atoms with Crippen LogP contribution in [0.1, 0.15) is 19.4 Å². The first kappa shape index (κ1) is 13.8. The average Bonchev–Trinajstić information content (AvgIpc) is 2.37. The number of aliphatic hydroxyl groups is 1. The van der Waals surface area contributed by atoms with Crippen molar-refractivity contribution < 1.29 is 14.8 Å². The number of non-ortho nitro benzene ring substituents is 1. The van der Waals surface area contributed by atoms with E-state index in [9.17, 15) is 15.2 Å². The van der Waals surface area contributed by atoms with E-state index in [0.29, 0.717) is 25.3 Å². The third-order valence-electron chi connectivity index (χ3n) is 3.15. The second-order valence-electron chi connectivity index (χ2n) is 5.30. The highest BCUT2D eigenvalue weighted by atomic mass is 16.6. The summed E-state index contributed by atoms with van der Waals surface area (Å²) >= 11 is 0. The summed E-state index contributed by atoms with van der Waals surface area (Å²) < 4.78 is 5.63. The summed E-state index contributed by atoms with van der Waals surface area (Å²) in [7, 11) is 0. The summed E-state index contributed by atoms with van der Waals surface area (Å²) in [6.07, 6.45) is 0. The van der Waals surface area contributed by atoms with Crippen LogP contribution in [0.2, 0.25) is 0 Å². The van der Waals surface area contributed by atoms with Crippen molar-refractivity contribution in [3.05, 3.63) is 33.9 Å². The smallest absolute Gasteiger partial charge is 0.271 e. The van der Waals surface area contributed by atoms with E-state index in [1.165, 1.54) is 6.07 Å². The van der Waals surface area contributed by atoms with Gasteiger partial charge in [-0.15, -0.1) is 0 Å². The topological polar surface area (TPSA) is 75.8 Å². The molecule has 6 nitrogen and oxygen atoms in total. The Kier molecular flexibility index (Phi) is 3.73. The average molecular weight is 266 g/mol. The van der Waals surface area contributed by atoms with Crippen LogP contribution in [-0.2, 0) is 11.3 Å². The fourth-order valence-electron chi connectivity index (χ4n) is 2.27. The van der Waals surface area contributed by atoms with Gasteiger partial charge in [0, 0.05) is 30.9 Å². The molecule has 1 aliphatic heterocycles. The number of benzene rings is 1. The Morgan fingerprint density at radius 3 is 2.79 bits per heavy atom. The van der Waals surface area contributed by atoms with E-state index >= 15 is 0 Å². The minimum atomic E-state index is -0.436. The van der Waals surface area contributed by atoms with Gasteiger partial charge in [0.15, 0.2) is 0 Å². The fraction of sp³-hybridized carbons (Fsp3) is 0.538. The summed E-state index contributed by atoms with van der Waals surface area (Å²) in [4.78, 5) is 12.5. The van der Waals surface area contributed by atoms with Gasteiger partial charge in [-0.2, -0.15) is 0 Å². The molecule has 1 aromatic rings. The van der Waals surface area contributed by atoms with Gasteiger partial charge in [-0.3, -0.25) is 10.1 Å².